The van der Waals surface area contributed by atoms with Crippen molar-refractivity contribution in [2.75, 3.05) is 23.8 Å². The number of rotatable bonds is 4. The molecule has 9 heteroatoms. The summed E-state index contributed by atoms with van der Waals surface area (Å²) in [6, 6.07) is 9.90. The third-order valence-electron chi connectivity index (χ3n) is 4.32. The molecule has 0 unspecified atom stereocenters. The first-order valence-corrected chi connectivity index (χ1v) is 8.27. The highest BCUT2D eigenvalue weighted by Gasteiger charge is 2.34. The van der Waals surface area contributed by atoms with Crippen molar-refractivity contribution in [1.29, 1.82) is 5.26 Å². The Morgan fingerprint density at radius 2 is 2.07 bits per heavy atom. The molecule has 28 heavy (non-hydrogen) atoms. The van der Waals surface area contributed by atoms with E-state index in [1.165, 1.54) is 11.8 Å². The van der Waals surface area contributed by atoms with Crippen LogP contribution in [0.2, 0.25) is 0 Å². The zero-order valence-corrected chi connectivity index (χ0v) is 15.1. The molecule has 0 saturated heterocycles. The van der Waals surface area contributed by atoms with E-state index in [9.17, 15) is 23.2 Å². The van der Waals surface area contributed by atoms with Gasteiger partial charge in [0.25, 0.3) is 0 Å². The fraction of sp³-hybridized carbons (Fsp3) is 0.211. The number of nitrogens with zero attached hydrogens (tertiary/aromatic N) is 3. The standard InChI is InChI=1S/C19H16F3N5O/c1-11-7-16(19(20,21)22)26-18(14(11)9-23)25-10-17(28)27(2)13-3-4-15-12(8-13)5-6-24-15/h3-8,24H,10H2,1-2H3,(H,25,26). The van der Waals surface area contributed by atoms with Crippen LogP contribution in [0.5, 0.6) is 0 Å². The van der Waals surface area contributed by atoms with E-state index in [0.717, 1.165) is 17.0 Å². The monoisotopic (exact) mass is 387 g/mol. The van der Waals surface area contributed by atoms with Gasteiger partial charge in [-0.3, -0.25) is 4.79 Å². The number of H-pyrrole nitrogens is 1. The van der Waals surface area contributed by atoms with Crippen molar-refractivity contribution in [3.05, 3.63) is 53.3 Å². The molecule has 0 aliphatic rings. The summed E-state index contributed by atoms with van der Waals surface area (Å²) >= 11 is 0. The van der Waals surface area contributed by atoms with Crippen molar-refractivity contribution in [3.63, 3.8) is 0 Å². The van der Waals surface area contributed by atoms with Gasteiger partial charge in [0.15, 0.2) is 0 Å². The largest absolute Gasteiger partial charge is 0.433 e. The number of halogens is 3. The second kappa shape index (κ2) is 7.23. The first kappa shape index (κ1) is 19.2. The molecule has 0 radical (unpaired) electrons. The summed E-state index contributed by atoms with van der Waals surface area (Å²) in [7, 11) is 1.56. The number of nitriles is 1. The van der Waals surface area contributed by atoms with Crippen molar-refractivity contribution < 1.29 is 18.0 Å². The Kier molecular flexibility index (Phi) is 4.96. The summed E-state index contributed by atoms with van der Waals surface area (Å²) in [5.74, 6) is -0.659. The van der Waals surface area contributed by atoms with Gasteiger partial charge in [-0.25, -0.2) is 4.98 Å². The van der Waals surface area contributed by atoms with Crippen LogP contribution in [0.4, 0.5) is 24.7 Å². The lowest BCUT2D eigenvalue weighted by molar-refractivity contribution is -0.141. The topological polar surface area (TPSA) is 84.8 Å². The number of hydrogen-bond donors (Lipinski definition) is 2. The van der Waals surface area contributed by atoms with E-state index in [2.05, 4.69) is 15.3 Å². The maximum Gasteiger partial charge on any atom is 0.433 e. The average molecular weight is 387 g/mol. The number of nitrogens with one attached hydrogen (secondary N) is 2. The molecule has 6 nitrogen and oxygen atoms in total. The second-order valence-electron chi connectivity index (χ2n) is 6.21. The molecule has 0 saturated carbocycles. The maximum absolute atomic E-state index is 13.0. The highest BCUT2D eigenvalue weighted by Crippen LogP contribution is 2.31. The molecular formula is C19H16F3N5O. The molecule has 0 spiro atoms. The van der Waals surface area contributed by atoms with Crippen molar-refractivity contribution in [3.8, 4) is 6.07 Å². The van der Waals surface area contributed by atoms with E-state index >= 15 is 0 Å². The Morgan fingerprint density at radius 3 is 2.75 bits per heavy atom. The molecule has 0 aliphatic carbocycles. The van der Waals surface area contributed by atoms with Crippen LogP contribution in [0.15, 0.2) is 36.5 Å². The smallest absolute Gasteiger partial charge is 0.361 e. The van der Waals surface area contributed by atoms with Gasteiger partial charge in [0.1, 0.15) is 17.6 Å². The van der Waals surface area contributed by atoms with Gasteiger partial charge in [-0.15, -0.1) is 0 Å². The van der Waals surface area contributed by atoms with Gasteiger partial charge < -0.3 is 15.2 Å². The molecule has 0 aliphatic heterocycles. The summed E-state index contributed by atoms with van der Waals surface area (Å²) in [4.78, 5) is 20.4. The normalized spacial score (nSPS) is 11.3. The first-order valence-electron chi connectivity index (χ1n) is 8.27. The van der Waals surface area contributed by atoms with E-state index < -0.39 is 17.8 Å². The second-order valence-corrected chi connectivity index (χ2v) is 6.21. The Labute approximate surface area is 158 Å². The number of carbonyl (C=O) groups excluding carboxylic acids is 1. The molecule has 2 aromatic heterocycles. The van der Waals surface area contributed by atoms with E-state index in [1.54, 1.807) is 19.3 Å². The van der Waals surface area contributed by atoms with Gasteiger partial charge >= 0.3 is 6.18 Å². The number of aryl methyl sites for hydroxylation is 1. The number of anilines is 2. The summed E-state index contributed by atoms with van der Waals surface area (Å²) < 4.78 is 38.9. The Morgan fingerprint density at radius 1 is 1.32 bits per heavy atom. The predicted octanol–water partition coefficient (Wildman–Crippen LogP) is 3.84. The molecule has 0 atom stereocenters. The van der Waals surface area contributed by atoms with Gasteiger partial charge in [0.2, 0.25) is 5.91 Å². The Bertz CT molecular complexity index is 1080. The quantitative estimate of drug-likeness (QED) is 0.712. The lowest BCUT2D eigenvalue weighted by atomic mass is 10.1. The summed E-state index contributed by atoms with van der Waals surface area (Å²) in [5, 5.41) is 12.7. The van der Waals surface area contributed by atoms with E-state index in [4.69, 9.17) is 0 Å². The number of amides is 1. The predicted molar refractivity (Wildman–Crippen MR) is 98.9 cm³/mol. The minimum atomic E-state index is -4.65. The number of aromatic nitrogens is 2. The third-order valence-corrected chi connectivity index (χ3v) is 4.32. The maximum atomic E-state index is 13.0. The number of pyridine rings is 1. The van der Waals surface area contributed by atoms with Crippen molar-refractivity contribution >= 4 is 28.3 Å². The van der Waals surface area contributed by atoms with Crippen LogP contribution in [0.1, 0.15) is 16.8 Å². The molecule has 0 bridgehead atoms. The van der Waals surface area contributed by atoms with Gasteiger partial charge in [0.05, 0.1) is 12.1 Å². The fourth-order valence-corrected chi connectivity index (χ4v) is 2.76. The van der Waals surface area contributed by atoms with Gasteiger partial charge in [-0.05, 0) is 42.8 Å². The summed E-state index contributed by atoms with van der Waals surface area (Å²) in [6.07, 6.45) is -2.87. The highest BCUT2D eigenvalue weighted by molar-refractivity contribution is 5.97. The van der Waals surface area contributed by atoms with Gasteiger partial charge in [-0.1, -0.05) is 0 Å². The van der Waals surface area contributed by atoms with Gasteiger partial charge in [0, 0.05) is 29.8 Å². The zero-order valence-electron chi connectivity index (χ0n) is 15.1. The number of hydrogen-bond acceptors (Lipinski definition) is 4. The molecule has 0 fully saturated rings. The molecule has 1 amide bonds. The van der Waals surface area contributed by atoms with E-state index in [-0.39, 0.29) is 23.5 Å². The van der Waals surface area contributed by atoms with Crippen LogP contribution >= 0.6 is 0 Å². The van der Waals surface area contributed by atoms with Crippen LogP contribution in [0, 0.1) is 18.3 Å². The Hall–Kier alpha value is -3.54. The number of likely N-dealkylation sites (N-methyl/N-ethyl adjacent to an activating group) is 1. The lowest BCUT2D eigenvalue weighted by Crippen LogP contribution is -2.32. The minimum absolute atomic E-state index is 0.0304. The van der Waals surface area contributed by atoms with Crippen LogP contribution in [-0.2, 0) is 11.0 Å². The highest BCUT2D eigenvalue weighted by atomic mass is 19.4. The van der Waals surface area contributed by atoms with E-state index in [0.29, 0.717) is 5.69 Å². The van der Waals surface area contributed by atoms with Crippen molar-refractivity contribution in [2.45, 2.75) is 13.1 Å². The number of carbonyl (C=O) groups is 1. The summed E-state index contributed by atoms with van der Waals surface area (Å²) in [6.45, 7) is 1.07. The van der Waals surface area contributed by atoms with Crippen molar-refractivity contribution in [1.82, 2.24) is 9.97 Å². The number of benzene rings is 1. The molecular weight excluding hydrogens is 371 g/mol. The van der Waals surface area contributed by atoms with Crippen LogP contribution < -0.4 is 10.2 Å². The van der Waals surface area contributed by atoms with Gasteiger partial charge in [-0.2, -0.15) is 18.4 Å². The third kappa shape index (κ3) is 3.76. The molecule has 144 valence electrons. The lowest BCUT2D eigenvalue weighted by Gasteiger charge is -2.19. The van der Waals surface area contributed by atoms with E-state index in [1.807, 2.05) is 24.3 Å². The van der Waals surface area contributed by atoms with Crippen LogP contribution in [-0.4, -0.2) is 29.5 Å². The van der Waals surface area contributed by atoms with Crippen molar-refractivity contribution in [2.24, 2.45) is 0 Å². The SMILES string of the molecule is Cc1cc(C(F)(F)F)nc(NCC(=O)N(C)c2ccc3[nH]ccc3c2)c1C#N. The molecule has 2 heterocycles. The van der Waals surface area contributed by atoms with Crippen LogP contribution in [0.25, 0.3) is 10.9 Å². The van der Waals surface area contributed by atoms with Crippen LogP contribution in [0.3, 0.4) is 0 Å². The molecule has 3 rings (SSSR count). The molecule has 1 aromatic carbocycles. The number of fused-ring (bicyclic) bond motifs is 1. The minimum Gasteiger partial charge on any atom is -0.361 e. The average Bonchev–Trinajstić information content (AvgIpc) is 3.12. The summed E-state index contributed by atoms with van der Waals surface area (Å²) in [5.41, 5.74) is 0.533. The number of alkyl halides is 3. The zero-order chi connectivity index (χ0) is 20.5. The fourth-order valence-electron chi connectivity index (χ4n) is 2.76. The first-order chi connectivity index (χ1) is 13.2. The number of aromatic amines is 1. The molecule has 3 aromatic rings. The Balaban J connectivity index is 1.80. The molecule has 2 N–H and O–H groups in total.